The van der Waals surface area contributed by atoms with E-state index in [2.05, 4.69) is 5.32 Å². The van der Waals surface area contributed by atoms with Crippen LogP contribution in [0.1, 0.15) is 11.1 Å². The SMILES string of the molecule is N#Cc1c(F)cccc1NCc1ccc2c(c1)OCCO2. The van der Waals surface area contributed by atoms with Crippen LogP contribution in [0.15, 0.2) is 36.4 Å². The maximum atomic E-state index is 13.5. The molecule has 0 spiro atoms. The van der Waals surface area contributed by atoms with Gasteiger partial charge in [-0.05, 0) is 29.8 Å². The number of hydrogen-bond donors (Lipinski definition) is 1. The smallest absolute Gasteiger partial charge is 0.161 e. The minimum atomic E-state index is -0.523. The predicted molar refractivity (Wildman–Crippen MR) is 75.9 cm³/mol. The number of anilines is 1. The summed E-state index contributed by atoms with van der Waals surface area (Å²) >= 11 is 0. The van der Waals surface area contributed by atoms with Gasteiger partial charge in [0, 0.05) is 6.54 Å². The molecule has 0 fully saturated rings. The Kier molecular flexibility index (Phi) is 3.61. The van der Waals surface area contributed by atoms with Crippen LogP contribution in [0, 0.1) is 17.1 Å². The van der Waals surface area contributed by atoms with Crippen molar-refractivity contribution >= 4 is 5.69 Å². The molecule has 0 saturated carbocycles. The number of nitriles is 1. The number of halogens is 1. The van der Waals surface area contributed by atoms with Crippen LogP contribution in [0.5, 0.6) is 11.5 Å². The Labute approximate surface area is 121 Å². The van der Waals surface area contributed by atoms with E-state index in [1.807, 2.05) is 24.3 Å². The summed E-state index contributed by atoms with van der Waals surface area (Å²) in [7, 11) is 0. The molecule has 0 aromatic heterocycles. The fourth-order valence-corrected chi connectivity index (χ4v) is 2.18. The maximum absolute atomic E-state index is 13.5. The lowest BCUT2D eigenvalue weighted by Gasteiger charge is -2.19. The van der Waals surface area contributed by atoms with Crippen LogP contribution in [0.3, 0.4) is 0 Å². The molecule has 2 aromatic rings. The topological polar surface area (TPSA) is 54.3 Å². The zero-order valence-electron chi connectivity index (χ0n) is 11.2. The van der Waals surface area contributed by atoms with E-state index in [4.69, 9.17) is 14.7 Å². The van der Waals surface area contributed by atoms with E-state index in [0.29, 0.717) is 31.2 Å². The number of fused-ring (bicyclic) bond motifs is 1. The van der Waals surface area contributed by atoms with Crippen LogP contribution < -0.4 is 14.8 Å². The molecule has 1 aliphatic rings. The Morgan fingerprint density at radius 2 is 1.95 bits per heavy atom. The molecule has 0 aliphatic carbocycles. The maximum Gasteiger partial charge on any atom is 0.161 e. The van der Waals surface area contributed by atoms with Crippen molar-refractivity contribution in [2.45, 2.75) is 6.54 Å². The summed E-state index contributed by atoms with van der Waals surface area (Å²) in [6.45, 7) is 1.56. The van der Waals surface area contributed by atoms with Gasteiger partial charge in [0.25, 0.3) is 0 Å². The molecule has 0 bridgehead atoms. The molecule has 0 atom stereocenters. The fraction of sp³-hybridized carbons (Fsp3) is 0.188. The number of benzene rings is 2. The van der Waals surface area contributed by atoms with E-state index in [9.17, 15) is 4.39 Å². The third-order valence-corrected chi connectivity index (χ3v) is 3.21. The number of ether oxygens (including phenoxy) is 2. The fourth-order valence-electron chi connectivity index (χ4n) is 2.18. The second kappa shape index (κ2) is 5.71. The summed E-state index contributed by atoms with van der Waals surface area (Å²) in [5.74, 6) is 0.915. The van der Waals surface area contributed by atoms with Crippen molar-refractivity contribution in [3.63, 3.8) is 0 Å². The van der Waals surface area contributed by atoms with Crippen LogP contribution in [-0.2, 0) is 6.54 Å². The van der Waals surface area contributed by atoms with E-state index < -0.39 is 5.82 Å². The van der Waals surface area contributed by atoms with E-state index in [0.717, 1.165) is 11.3 Å². The molecular weight excluding hydrogens is 271 g/mol. The first kappa shape index (κ1) is 13.3. The van der Waals surface area contributed by atoms with Crippen LogP contribution in [0.4, 0.5) is 10.1 Å². The molecule has 106 valence electrons. The molecule has 1 heterocycles. The molecule has 3 rings (SSSR count). The van der Waals surface area contributed by atoms with Gasteiger partial charge in [-0.1, -0.05) is 12.1 Å². The predicted octanol–water partition coefficient (Wildman–Crippen LogP) is 3.08. The van der Waals surface area contributed by atoms with Gasteiger partial charge < -0.3 is 14.8 Å². The molecule has 0 amide bonds. The monoisotopic (exact) mass is 284 g/mol. The second-order valence-corrected chi connectivity index (χ2v) is 4.61. The zero-order valence-corrected chi connectivity index (χ0v) is 11.2. The highest BCUT2D eigenvalue weighted by molar-refractivity contribution is 5.58. The minimum absolute atomic E-state index is 0.0232. The van der Waals surface area contributed by atoms with Crippen LogP contribution in [-0.4, -0.2) is 13.2 Å². The molecule has 1 N–H and O–H groups in total. The first-order valence-electron chi connectivity index (χ1n) is 6.59. The summed E-state index contributed by atoms with van der Waals surface area (Å²) in [5.41, 5.74) is 1.47. The molecule has 4 nitrogen and oxygen atoms in total. The molecule has 5 heteroatoms. The Hall–Kier alpha value is -2.74. The third-order valence-electron chi connectivity index (χ3n) is 3.21. The lowest BCUT2D eigenvalue weighted by atomic mass is 10.1. The average Bonchev–Trinajstić information content (AvgIpc) is 2.52. The molecular formula is C16H13FN2O2. The highest BCUT2D eigenvalue weighted by atomic mass is 19.1. The third kappa shape index (κ3) is 2.75. The molecule has 21 heavy (non-hydrogen) atoms. The Balaban J connectivity index is 1.77. The average molecular weight is 284 g/mol. The van der Waals surface area contributed by atoms with Gasteiger partial charge in [-0.2, -0.15) is 5.26 Å². The van der Waals surface area contributed by atoms with Gasteiger partial charge in [-0.15, -0.1) is 0 Å². The molecule has 2 aromatic carbocycles. The van der Waals surface area contributed by atoms with Crippen LogP contribution in [0.2, 0.25) is 0 Å². The lowest BCUT2D eigenvalue weighted by Crippen LogP contribution is -2.15. The van der Waals surface area contributed by atoms with Gasteiger partial charge in [-0.3, -0.25) is 0 Å². The van der Waals surface area contributed by atoms with Crippen molar-refractivity contribution in [3.05, 3.63) is 53.3 Å². The number of rotatable bonds is 3. The van der Waals surface area contributed by atoms with Gasteiger partial charge in [-0.25, -0.2) is 4.39 Å². The van der Waals surface area contributed by atoms with E-state index in [1.165, 1.54) is 6.07 Å². The van der Waals surface area contributed by atoms with E-state index in [-0.39, 0.29) is 5.56 Å². The van der Waals surface area contributed by atoms with Crippen LogP contribution >= 0.6 is 0 Å². The van der Waals surface area contributed by atoms with Crippen molar-refractivity contribution in [3.8, 4) is 17.6 Å². The number of nitrogens with one attached hydrogen (secondary N) is 1. The number of hydrogen-bond acceptors (Lipinski definition) is 4. The summed E-state index contributed by atoms with van der Waals surface area (Å²) in [5, 5.41) is 12.1. The summed E-state index contributed by atoms with van der Waals surface area (Å²) in [4.78, 5) is 0. The van der Waals surface area contributed by atoms with Gasteiger partial charge in [0.15, 0.2) is 11.5 Å². The zero-order chi connectivity index (χ0) is 14.7. The Morgan fingerprint density at radius 3 is 2.76 bits per heavy atom. The number of nitrogens with zero attached hydrogens (tertiary/aromatic N) is 1. The van der Waals surface area contributed by atoms with Crippen molar-refractivity contribution in [2.75, 3.05) is 18.5 Å². The first-order valence-corrected chi connectivity index (χ1v) is 6.59. The quantitative estimate of drug-likeness (QED) is 0.941. The Morgan fingerprint density at radius 1 is 1.14 bits per heavy atom. The normalized spacial score (nSPS) is 12.6. The largest absolute Gasteiger partial charge is 0.486 e. The van der Waals surface area contributed by atoms with Crippen molar-refractivity contribution in [1.29, 1.82) is 5.26 Å². The van der Waals surface area contributed by atoms with Gasteiger partial charge >= 0.3 is 0 Å². The summed E-state index contributed by atoms with van der Waals surface area (Å²) in [6.07, 6.45) is 0. The van der Waals surface area contributed by atoms with Crippen molar-refractivity contribution in [2.24, 2.45) is 0 Å². The Bertz CT molecular complexity index is 710. The molecule has 0 unspecified atom stereocenters. The minimum Gasteiger partial charge on any atom is -0.486 e. The van der Waals surface area contributed by atoms with Crippen LogP contribution in [0.25, 0.3) is 0 Å². The van der Waals surface area contributed by atoms with Gasteiger partial charge in [0.1, 0.15) is 30.7 Å². The highest BCUT2D eigenvalue weighted by Gasteiger charge is 2.12. The highest BCUT2D eigenvalue weighted by Crippen LogP contribution is 2.31. The van der Waals surface area contributed by atoms with Gasteiger partial charge in [0.05, 0.1) is 5.69 Å². The molecule has 0 radical (unpaired) electrons. The lowest BCUT2D eigenvalue weighted by molar-refractivity contribution is 0.171. The standard InChI is InChI=1S/C16H13FN2O2/c17-13-2-1-3-14(12(13)9-18)19-10-11-4-5-15-16(8-11)21-7-6-20-15/h1-5,8,19H,6-7,10H2. The van der Waals surface area contributed by atoms with Crippen molar-refractivity contribution in [1.82, 2.24) is 0 Å². The van der Waals surface area contributed by atoms with Crippen molar-refractivity contribution < 1.29 is 13.9 Å². The first-order chi connectivity index (χ1) is 10.3. The second-order valence-electron chi connectivity index (χ2n) is 4.61. The van der Waals surface area contributed by atoms with E-state index in [1.54, 1.807) is 12.1 Å². The summed E-state index contributed by atoms with van der Waals surface area (Å²) < 4.78 is 24.5. The summed E-state index contributed by atoms with van der Waals surface area (Å²) in [6, 6.07) is 12.0. The molecule has 0 saturated heterocycles. The van der Waals surface area contributed by atoms with E-state index >= 15 is 0 Å². The van der Waals surface area contributed by atoms with Gasteiger partial charge in [0.2, 0.25) is 0 Å². The molecule has 1 aliphatic heterocycles.